The fraction of sp³-hybridized carbons (Fsp3) is 0.500. The molecule has 0 spiro atoms. The van der Waals surface area contributed by atoms with Crippen LogP contribution >= 0.6 is 12.2 Å². The van der Waals surface area contributed by atoms with Crippen LogP contribution in [0.15, 0.2) is 18.2 Å². The molecule has 3 nitrogen and oxygen atoms in total. The molecule has 0 heterocycles. The maximum absolute atomic E-state index is 13.3. The number of hydrogen-bond donors (Lipinski definition) is 2. The van der Waals surface area contributed by atoms with Crippen LogP contribution in [-0.4, -0.2) is 10.9 Å². The molecule has 5 heteroatoms. The van der Waals surface area contributed by atoms with Gasteiger partial charge in [-0.15, -0.1) is 0 Å². The predicted molar refractivity (Wildman–Crippen MR) is 88.8 cm³/mol. The molecule has 0 unspecified atom stereocenters. The van der Waals surface area contributed by atoms with Gasteiger partial charge in [0.25, 0.3) is 0 Å². The zero-order valence-electron chi connectivity index (χ0n) is 12.8. The fourth-order valence-corrected chi connectivity index (χ4v) is 2.83. The number of nitrogens with two attached hydrogens (primary N) is 1. The topological polar surface area (TPSA) is 55.1 Å². The Bertz CT molecular complexity index is 525. The van der Waals surface area contributed by atoms with E-state index < -0.39 is 5.41 Å². The number of carbonyl (C=O) groups is 1. The predicted octanol–water partition coefficient (Wildman–Crippen LogP) is 3.95. The molecule has 0 bridgehead atoms. The molecule has 0 atom stereocenters. The molecule has 3 N–H and O–H groups in total. The lowest BCUT2D eigenvalue weighted by molar-refractivity contribution is -0.122. The van der Waals surface area contributed by atoms with Crippen molar-refractivity contribution >= 4 is 28.8 Å². The minimum absolute atomic E-state index is 0.204. The highest BCUT2D eigenvalue weighted by atomic mass is 32.1. The summed E-state index contributed by atoms with van der Waals surface area (Å²) in [6, 6.07) is 4.49. The number of anilines is 1. The second-order valence-corrected chi connectivity index (χ2v) is 5.80. The Morgan fingerprint density at radius 2 is 1.90 bits per heavy atom. The van der Waals surface area contributed by atoms with E-state index in [1.807, 2.05) is 13.8 Å². The second kappa shape index (κ2) is 7.50. The van der Waals surface area contributed by atoms with Crippen LogP contribution in [0.2, 0.25) is 0 Å². The SMILES string of the molecule is CCCC(CCC)(C(=O)Nc1ccc(F)c(C)c1)C(N)=S. The minimum atomic E-state index is -0.832. The van der Waals surface area contributed by atoms with Crippen molar-refractivity contribution in [1.29, 1.82) is 0 Å². The smallest absolute Gasteiger partial charge is 0.237 e. The number of aryl methyl sites for hydroxylation is 1. The van der Waals surface area contributed by atoms with Gasteiger partial charge in [0.1, 0.15) is 5.82 Å². The third-order valence-electron chi connectivity index (χ3n) is 3.68. The van der Waals surface area contributed by atoms with Crippen LogP contribution in [0, 0.1) is 18.2 Å². The maximum atomic E-state index is 13.3. The number of nitrogens with one attached hydrogen (secondary N) is 1. The lowest BCUT2D eigenvalue weighted by atomic mass is 9.78. The summed E-state index contributed by atoms with van der Waals surface area (Å²) in [4.78, 5) is 12.9. The first-order valence-electron chi connectivity index (χ1n) is 7.25. The molecular weight excluding hydrogens is 287 g/mol. The van der Waals surface area contributed by atoms with Gasteiger partial charge in [-0.05, 0) is 43.5 Å². The molecule has 1 aromatic rings. The Labute approximate surface area is 131 Å². The Hall–Kier alpha value is -1.49. The van der Waals surface area contributed by atoms with Crippen LogP contribution in [0.3, 0.4) is 0 Å². The summed E-state index contributed by atoms with van der Waals surface area (Å²) in [7, 11) is 0. The van der Waals surface area contributed by atoms with E-state index in [1.165, 1.54) is 6.07 Å². The molecule has 0 aliphatic heterocycles. The van der Waals surface area contributed by atoms with Crippen molar-refractivity contribution in [2.24, 2.45) is 11.1 Å². The molecule has 1 amide bonds. The lowest BCUT2D eigenvalue weighted by Gasteiger charge is -2.31. The van der Waals surface area contributed by atoms with Crippen molar-refractivity contribution in [3.63, 3.8) is 0 Å². The van der Waals surface area contributed by atoms with Gasteiger partial charge in [0, 0.05) is 5.69 Å². The summed E-state index contributed by atoms with van der Waals surface area (Å²) in [5.41, 5.74) is 6.08. The zero-order chi connectivity index (χ0) is 16.0. The van der Waals surface area contributed by atoms with Crippen molar-refractivity contribution in [3.05, 3.63) is 29.6 Å². The van der Waals surface area contributed by atoms with Gasteiger partial charge in [0.05, 0.1) is 10.4 Å². The van der Waals surface area contributed by atoms with Gasteiger partial charge in [-0.1, -0.05) is 38.9 Å². The molecule has 0 saturated heterocycles. The van der Waals surface area contributed by atoms with E-state index in [4.69, 9.17) is 18.0 Å². The van der Waals surface area contributed by atoms with Gasteiger partial charge < -0.3 is 11.1 Å². The zero-order valence-corrected chi connectivity index (χ0v) is 13.6. The summed E-state index contributed by atoms with van der Waals surface area (Å²) in [6.07, 6.45) is 2.85. The van der Waals surface area contributed by atoms with Gasteiger partial charge in [0.15, 0.2) is 0 Å². The molecule has 0 aliphatic carbocycles. The summed E-state index contributed by atoms with van der Waals surface area (Å²) in [5.74, 6) is -0.500. The van der Waals surface area contributed by atoms with Crippen molar-refractivity contribution in [2.45, 2.75) is 46.5 Å². The highest BCUT2D eigenvalue weighted by Gasteiger charge is 2.39. The van der Waals surface area contributed by atoms with Gasteiger partial charge in [-0.3, -0.25) is 4.79 Å². The third-order valence-corrected chi connectivity index (χ3v) is 4.07. The second-order valence-electron chi connectivity index (χ2n) is 5.36. The van der Waals surface area contributed by atoms with Crippen molar-refractivity contribution in [1.82, 2.24) is 0 Å². The first-order valence-corrected chi connectivity index (χ1v) is 7.65. The number of halogens is 1. The van der Waals surface area contributed by atoms with Crippen molar-refractivity contribution < 1.29 is 9.18 Å². The molecule has 21 heavy (non-hydrogen) atoms. The van der Waals surface area contributed by atoms with Crippen LogP contribution in [0.25, 0.3) is 0 Å². The van der Waals surface area contributed by atoms with Crippen molar-refractivity contribution in [2.75, 3.05) is 5.32 Å². The highest BCUT2D eigenvalue weighted by Crippen LogP contribution is 2.32. The van der Waals surface area contributed by atoms with Crippen LogP contribution in [0.1, 0.15) is 45.1 Å². The van der Waals surface area contributed by atoms with Crippen molar-refractivity contribution in [3.8, 4) is 0 Å². The Morgan fingerprint density at radius 3 is 2.33 bits per heavy atom. The average Bonchev–Trinajstić information content (AvgIpc) is 2.42. The quantitative estimate of drug-likeness (QED) is 0.750. The molecule has 116 valence electrons. The molecule has 1 aromatic carbocycles. The summed E-state index contributed by atoms with van der Waals surface area (Å²) in [5, 5.41) is 2.83. The minimum Gasteiger partial charge on any atom is -0.392 e. The first kappa shape index (κ1) is 17.6. The van der Waals surface area contributed by atoms with Gasteiger partial charge >= 0.3 is 0 Å². The Balaban J connectivity index is 3.04. The Morgan fingerprint density at radius 1 is 1.33 bits per heavy atom. The largest absolute Gasteiger partial charge is 0.392 e. The molecule has 0 saturated carbocycles. The van der Waals surface area contributed by atoms with Crippen LogP contribution in [0.5, 0.6) is 0 Å². The van der Waals surface area contributed by atoms with E-state index in [0.29, 0.717) is 24.1 Å². The van der Waals surface area contributed by atoms with E-state index >= 15 is 0 Å². The molecule has 0 aliphatic rings. The summed E-state index contributed by atoms with van der Waals surface area (Å²) in [6.45, 7) is 5.65. The number of rotatable bonds is 7. The molecule has 0 fully saturated rings. The van der Waals surface area contributed by atoms with Gasteiger partial charge in [-0.2, -0.15) is 0 Å². The Kier molecular flexibility index (Phi) is 6.27. The molecule has 1 rings (SSSR count). The normalized spacial score (nSPS) is 11.2. The van der Waals surface area contributed by atoms with E-state index in [9.17, 15) is 9.18 Å². The molecule has 0 aromatic heterocycles. The van der Waals surface area contributed by atoms with E-state index in [2.05, 4.69) is 5.32 Å². The third kappa shape index (κ3) is 4.00. The number of benzene rings is 1. The van der Waals surface area contributed by atoms with Crippen LogP contribution < -0.4 is 11.1 Å². The summed E-state index contributed by atoms with van der Waals surface area (Å²) < 4.78 is 13.3. The number of thiocarbonyl (C=S) groups is 1. The fourth-order valence-electron chi connectivity index (χ4n) is 2.54. The summed E-state index contributed by atoms with van der Waals surface area (Å²) >= 11 is 5.16. The monoisotopic (exact) mass is 310 g/mol. The van der Waals surface area contributed by atoms with E-state index in [0.717, 1.165) is 12.8 Å². The average molecular weight is 310 g/mol. The van der Waals surface area contributed by atoms with Crippen LogP contribution in [-0.2, 0) is 4.79 Å². The number of hydrogen-bond acceptors (Lipinski definition) is 2. The first-order chi connectivity index (χ1) is 9.87. The highest BCUT2D eigenvalue weighted by molar-refractivity contribution is 7.80. The maximum Gasteiger partial charge on any atom is 0.237 e. The molecule has 0 radical (unpaired) electrons. The van der Waals surface area contributed by atoms with E-state index in [1.54, 1.807) is 19.1 Å². The standard InChI is InChI=1S/C16H23FN2OS/c1-4-8-16(9-5-2,14(18)21)15(20)19-12-6-7-13(17)11(3)10-12/h6-7,10H,4-5,8-9H2,1-3H3,(H2,18,21)(H,19,20). The van der Waals surface area contributed by atoms with Crippen LogP contribution in [0.4, 0.5) is 10.1 Å². The van der Waals surface area contributed by atoms with Gasteiger partial charge in [0.2, 0.25) is 5.91 Å². The lowest BCUT2D eigenvalue weighted by Crippen LogP contribution is -2.46. The number of amides is 1. The molecular formula is C16H23FN2OS. The van der Waals surface area contributed by atoms with Gasteiger partial charge in [-0.25, -0.2) is 4.39 Å². The number of carbonyl (C=O) groups excluding carboxylic acids is 1. The van der Waals surface area contributed by atoms with E-state index in [-0.39, 0.29) is 16.7 Å².